The minimum Gasteiger partial charge on any atom is -0.466 e. The number of aliphatic hydroxyl groups is 1. The average molecular weight is 383 g/mol. The number of carbonyl (C=O) groups is 2. The Bertz CT molecular complexity index is 870. The smallest absolute Gasteiger partial charge is 0.330 e. The number of hydrogen-bond donors (Lipinski definition) is 1. The van der Waals surface area contributed by atoms with Crippen LogP contribution >= 0.6 is 0 Å². The van der Waals surface area contributed by atoms with Gasteiger partial charge in [0.15, 0.2) is 5.78 Å². The van der Waals surface area contributed by atoms with E-state index in [0.717, 1.165) is 11.1 Å². The van der Waals surface area contributed by atoms with Gasteiger partial charge in [0.05, 0.1) is 7.11 Å². The summed E-state index contributed by atoms with van der Waals surface area (Å²) in [4.78, 5) is 24.3. The summed E-state index contributed by atoms with van der Waals surface area (Å²) in [5.74, 6) is -0.372. The van der Waals surface area contributed by atoms with Gasteiger partial charge < -0.3 is 9.84 Å². The van der Waals surface area contributed by atoms with E-state index in [9.17, 15) is 14.7 Å². The van der Waals surface area contributed by atoms with Crippen molar-refractivity contribution >= 4 is 11.8 Å². The van der Waals surface area contributed by atoms with E-state index >= 15 is 0 Å². The van der Waals surface area contributed by atoms with Crippen LogP contribution in [0.15, 0.2) is 59.2 Å². The quantitative estimate of drug-likeness (QED) is 0.469. The van der Waals surface area contributed by atoms with Gasteiger partial charge >= 0.3 is 5.97 Å². The molecule has 1 aromatic carbocycles. The first-order valence-electron chi connectivity index (χ1n) is 9.47. The highest BCUT2D eigenvalue weighted by molar-refractivity contribution is 5.98. The Morgan fingerprint density at radius 2 is 1.96 bits per heavy atom. The lowest BCUT2D eigenvalue weighted by atomic mass is 9.62. The lowest BCUT2D eigenvalue weighted by Crippen LogP contribution is -2.49. The second-order valence-corrected chi connectivity index (χ2v) is 8.26. The molecule has 0 unspecified atom stereocenters. The van der Waals surface area contributed by atoms with E-state index in [1.54, 1.807) is 19.1 Å². The number of aryl methyl sites for hydroxylation is 1. The van der Waals surface area contributed by atoms with Crippen molar-refractivity contribution in [3.05, 3.63) is 70.3 Å². The van der Waals surface area contributed by atoms with E-state index in [0.29, 0.717) is 23.1 Å². The zero-order chi connectivity index (χ0) is 21.1. The van der Waals surface area contributed by atoms with Crippen molar-refractivity contribution in [2.75, 3.05) is 7.11 Å². The molecule has 28 heavy (non-hydrogen) atoms. The molecule has 0 heterocycles. The Balaban J connectivity index is 2.47. The van der Waals surface area contributed by atoms with Crippen LogP contribution in [0.1, 0.15) is 45.2 Å². The van der Waals surface area contributed by atoms with Crippen LogP contribution in [0.5, 0.6) is 0 Å². The molecule has 0 amide bonds. The molecule has 0 radical (unpaired) electrons. The SMILES string of the molecule is COC(=O)/C=C(C)\C=C\[C@@]1(O)C(C)=C(Cc2cccc(C)c2)C(=O)CC1(C)C. The minimum absolute atomic E-state index is 0.0731. The fourth-order valence-electron chi connectivity index (χ4n) is 3.74. The number of hydrogen-bond acceptors (Lipinski definition) is 4. The molecule has 4 nitrogen and oxygen atoms in total. The molecule has 1 aliphatic carbocycles. The predicted octanol–water partition coefficient (Wildman–Crippen LogP) is 4.26. The second kappa shape index (κ2) is 8.27. The molecule has 0 spiro atoms. The first-order valence-corrected chi connectivity index (χ1v) is 9.47. The predicted molar refractivity (Wildman–Crippen MR) is 111 cm³/mol. The molecule has 0 bridgehead atoms. The number of carbonyl (C=O) groups excluding carboxylic acids is 2. The summed E-state index contributed by atoms with van der Waals surface area (Å²) in [5, 5.41) is 11.6. The summed E-state index contributed by atoms with van der Waals surface area (Å²) in [6, 6.07) is 8.06. The Morgan fingerprint density at radius 1 is 1.29 bits per heavy atom. The van der Waals surface area contributed by atoms with Gasteiger partial charge in [0, 0.05) is 29.9 Å². The molecule has 0 saturated carbocycles. The summed E-state index contributed by atoms with van der Waals surface area (Å²) >= 11 is 0. The standard InChI is InChI=1S/C24H30O4/c1-16-8-7-9-19(12-16)14-20-18(3)24(27,23(4,5)15-21(20)25)11-10-17(2)13-22(26)28-6/h7-13,27H,14-15H2,1-6H3/b11-10+,17-13-/t24-/m1/s1. The molecule has 4 heteroatoms. The number of ether oxygens (including phenoxy) is 1. The van der Waals surface area contributed by atoms with Crippen LogP contribution in [0.4, 0.5) is 0 Å². The van der Waals surface area contributed by atoms with Crippen LogP contribution in [0, 0.1) is 12.3 Å². The van der Waals surface area contributed by atoms with Crippen molar-refractivity contribution in [2.24, 2.45) is 5.41 Å². The molecule has 0 fully saturated rings. The molecular weight excluding hydrogens is 352 g/mol. The van der Waals surface area contributed by atoms with E-state index in [1.807, 2.05) is 45.9 Å². The molecular formula is C24H30O4. The summed E-state index contributed by atoms with van der Waals surface area (Å²) < 4.78 is 4.64. The topological polar surface area (TPSA) is 63.6 Å². The molecule has 0 aromatic heterocycles. The van der Waals surface area contributed by atoms with Crippen LogP contribution < -0.4 is 0 Å². The van der Waals surface area contributed by atoms with E-state index < -0.39 is 17.0 Å². The normalized spacial score (nSPS) is 22.7. The number of allylic oxidation sites excluding steroid dienone is 3. The zero-order valence-corrected chi connectivity index (χ0v) is 17.6. The molecule has 2 rings (SSSR count). The number of methoxy groups -OCH3 is 1. The largest absolute Gasteiger partial charge is 0.466 e. The van der Waals surface area contributed by atoms with Crippen LogP contribution in [0.3, 0.4) is 0 Å². The van der Waals surface area contributed by atoms with Gasteiger partial charge in [-0.25, -0.2) is 4.79 Å². The summed E-state index contributed by atoms with van der Waals surface area (Å²) in [6.45, 7) is 9.40. The minimum atomic E-state index is -1.29. The molecule has 1 N–H and O–H groups in total. The Morgan fingerprint density at radius 3 is 2.57 bits per heavy atom. The van der Waals surface area contributed by atoms with Crippen LogP contribution in [0.25, 0.3) is 0 Å². The van der Waals surface area contributed by atoms with Gasteiger partial charge in [-0.15, -0.1) is 0 Å². The van der Waals surface area contributed by atoms with Crippen molar-refractivity contribution < 1.29 is 19.4 Å². The maximum absolute atomic E-state index is 12.9. The zero-order valence-electron chi connectivity index (χ0n) is 17.6. The highest BCUT2D eigenvalue weighted by Crippen LogP contribution is 2.47. The third-order valence-electron chi connectivity index (χ3n) is 5.59. The monoisotopic (exact) mass is 382 g/mol. The number of benzene rings is 1. The number of rotatable bonds is 5. The Hall–Kier alpha value is -2.46. The van der Waals surface area contributed by atoms with Gasteiger partial charge in [0.2, 0.25) is 0 Å². The molecule has 0 aliphatic heterocycles. The van der Waals surface area contributed by atoms with Gasteiger partial charge in [0.1, 0.15) is 5.60 Å². The highest BCUT2D eigenvalue weighted by atomic mass is 16.5. The van der Waals surface area contributed by atoms with Crippen LogP contribution in [0.2, 0.25) is 0 Å². The molecule has 0 saturated heterocycles. The summed E-state index contributed by atoms with van der Waals surface area (Å²) in [5.41, 5.74) is 2.23. The summed E-state index contributed by atoms with van der Waals surface area (Å²) in [7, 11) is 1.32. The third-order valence-corrected chi connectivity index (χ3v) is 5.59. The number of ketones is 1. The molecule has 1 aliphatic rings. The highest BCUT2D eigenvalue weighted by Gasteiger charge is 2.49. The second-order valence-electron chi connectivity index (χ2n) is 8.26. The van der Waals surface area contributed by atoms with Crippen molar-refractivity contribution in [2.45, 2.75) is 53.1 Å². The van der Waals surface area contributed by atoms with Gasteiger partial charge in [-0.2, -0.15) is 0 Å². The molecule has 1 atom stereocenters. The fraction of sp³-hybridized carbons (Fsp3) is 0.417. The summed E-state index contributed by atoms with van der Waals surface area (Å²) in [6.07, 6.45) is 5.53. The third kappa shape index (κ3) is 4.50. The van der Waals surface area contributed by atoms with Crippen LogP contribution in [-0.4, -0.2) is 29.6 Å². The van der Waals surface area contributed by atoms with E-state index in [2.05, 4.69) is 10.8 Å². The van der Waals surface area contributed by atoms with Crippen molar-refractivity contribution in [1.29, 1.82) is 0 Å². The van der Waals surface area contributed by atoms with Gasteiger partial charge in [-0.3, -0.25) is 4.79 Å². The van der Waals surface area contributed by atoms with Gasteiger partial charge in [0.25, 0.3) is 0 Å². The maximum atomic E-state index is 12.9. The van der Waals surface area contributed by atoms with E-state index in [1.165, 1.54) is 13.2 Å². The molecule has 150 valence electrons. The number of esters is 1. The molecule has 1 aromatic rings. The lowest BCUT2D eigenvalue weighted by Gasteiger charge is -2.46. The Labute approximate surface area is 167 Å². The van der Waals surface area contributed by atoms with E-state index in [4.69, 9.17) is 0 Å². The van der Waals surface area contributed by atoms with Crippen LogP contribution in [-0.2, 0) is 20.7 Å². The van der Waals surface area contributed by atoms with Crippen molar-refractivity contribution in [3.8, 4) is 0 Å². The average Bonchev–Trinajstić information content (AvgIpc) is 2.61. The Kier molecular flexibility index (Phi) is 6.45. The van der Waals surface area contributed by atoms with Crippen molar-refractivity contribution in [3.63, 3.8) is 0 Å². The van der Waals surface area contributed by atoms with E-state index in [-0.39, 0.29) is 12.2 Å². The fourth-order valence-corrected chi connectivity index (χ4v) is 3.74. The number of Topliss-reactive ketones (excluding diaryl/α,β-unsaturated/α-hetero) is 1. The van der Waals surface area contributed by atoms with Gasteiger partial charge in [-0.05, 0) is 43.6 Å². The first kappa shape index (κ1) is 21.8. The first-order chi connectivity index (χ1) is 13.0. The maximum Gasteiger partial charge on any atom is 0.330 e. The van der Waals surface area contributed by atoms with Crippen molar-refractivity contribution in [1.82, 2.24) is 0 Å². The lowest BCUT2D eigenvalue weighted by molar-refractivity contribution is -0.134. The van der Waals surface area contributed by atoms with Gasteiger partial charge in [-0.1, -0.05) is 49.8 Å².